The first-order valence-electron chi connectivity index (χ1n) is 7.36. The highest BCUT2D eigenvalue weighted by Crippen LogP contribution is 2.27. The number of carbonyl (C=O) groups excluding carboxylic acids is 1. The van der Waals surface area contributed by atoms with E-state index in [9.17, 15) is 9.59 Å². The summed E-state index contributed by atoms with van der Waals surface area (Å²) in [5.74, 6) is -0.307. The number of carbonyl (C=O) groups is 1. The van der Waals surface area contributed by atoms with E-state index in [1.165, 1.54) is 23.7 Å². The van der Waals surface area contributed by atoms with Crippen molar-refractivity contribution in [2.75, 3.05) is 0 Å². The Morgan fingerprint density at radius 2 is 2.00 bits per heavy atom. The predicted octanol–water partition coefficient (Wildman–Crippen LogP) is 2.62. The molecule has 0 bridgehead atoms. The smallest absolute Gasteiger partial charge is 0.359 e. The summed E-state index contributed by atoms with van der Waals surface area (Å²) in [6.45, 7) is 7.27. The second-order valence-electron chi connectivity index (χ2n) is 5.51. The van der Waals surface area contributed by atoms with Crippen LogP contribution in [0.25, 0.3) is 10.2 Å². The maximum absolute atomic E-state index is 12.3. The van der Waals surface area contributed by atoms with E-state index in [2.05, 4.69) is 19.9 Å². The van der Waals surface area contributed by atoms with Gasteiger partial charge in [-0.1, -0.05) is 0 Å². The lowest BCUT2D eigenvalue weighted by atomic mass is 10.2. The number of esters is 1. The fourth-order valence-electron chi connectivity index (χ4n) is 2.24. The molecular formula is C16H16N4O3S. The van der Waals surface area contributed by atoms with E-state index in [0.717, 1.165) is 10.4 Å². The normalized spacial score (nSPS) is 12.3. The number of nitrogens with zero attached hydrogens (tertiary/aromatic N) is 3. The van der Waals surface area contributed by atoms with Crippen LogP contribution in [0.3, 0.4) is 0 Å². The van der Waals surface area contributed by atoms with Gasteiger partial charge in [0.05, 0.1) is 17.3 Å². The molecule has 0 spiro atoms. The highest BCUT2D eigenvalue weighted by molar-refractivity contribution is 7.18. The number of thiophene rings is 1. The molecule has 7 nitrogen and oxygen atoms in total. The number of ether oxygens (including phenoxy) is 1. The molecule has 124 valence electrons. The predicted molar refractivity (Wildman–Crippen MR) is 90.3 cm³/mol. The summed E-state index contributed by atoms with van der Waals surface area (Å²) in [5.41, 5.74) is 1.52. The second kappa shape index (κ2) is 6.12. The SMILES string of the molecule is Cc1cnc(C(=O)O[C@@H](C)c2nc3sc(C)c(C)c3c(=O)[nH]2)cn1. The van der Waals surface area contributed by atoms with E-state index < -0.39 is 12.1 Å². The standard InChI is InChI=1S/C16H16N4O3S/c1-7-5-18-11(6-17-7)16(22)23-9(3)13-19-14(21)12-8(2)10(4)24-15(12)20-13/h5-6,9H,1-4H3,(H,19,20,21)/t9-/m0/s1. The Hall–Kier alpha value is -2.61. The van der Waals surface area contributed by atoms with Gasteiger partial charge < -0.3 is 9.72 Å². The Labute approximate surface area is 141 Å². The Morgan fingerprint density at radius 1 is 1.25 bits per heavy atom. The average Bonchev–Trinajstić information content (AvgIpc) is 2.82. The van der Waals surface area contributed by atoms with Crippen molar-refractivity contribution in [1.29, 1.82) is 0 Å². The first kappa shape index (κ1) is 16.3. The first-order valence-corrected chi connectivity index (χ1v) is 8.18. The molecule has 0 fully saturated rings. The second-order valence-corrected chi connectivity index (χ2v) is 6.71. The van der Waals surface area contributed by atoms with E-state index in [0.29, 0.717) is 21.7 Å². The maximum atomic E-state index is 12.3. The summed E-state index contributed by atoms with van der Waals surface area (Å²) in [6, 6.07) is 0. The van der Waals surface area contributed by atoms with Crippen molar-refractivity contribution in [1.82, 2.24) is 19.9 Å². The van der Waals surface area contributed by atoms with E-state index in [1.807, 2.05) is 13.8 Å². The third-order valence-electron chi connectivity index (χ3n) is 3.72. The van der Waals surface area contributed by atoms with Gasteiger partial charge in [-0.2, -0.15) is 0 Å². The van der Waals surface area contributed by atoms with E-state index in [1.54, 1.807) is 13.8 Å². The molecule has 1 N–H and O–H groups in total. The van der Waals surface area contributed by atoms with Crippen molar-refractivity contribution in [2.24, 2.45) is 0 Å². The van der Waals surface area contributed by atoms with Crippen LogP contribution < -0.4 is 5.56 Å². The molecule has 0 aliphatic heterocycles. The van der Waals surface area contributed by atoms with E-state index in [-0.39, 0.29) is 11.3 Å². The zero-order chi connectivity index (χ0) is 17.4. The summed E-state index contributed by atoms with van der Waals surface area (Å²) in [6.07, 6.45) is 2.14. The van der Waals surface area contributed by atoms with Gasteiger partial charge >= 0.3 is 5.97 Å². The number of aromatic nitrogens is 4. The van der Waals surface area contributed by atoms with Crippen molar-refractivity contribution < 1.29 is 9.53 Å². The third-order valence-corrected chi connectivity index (χ3v) is 4.82. The highest BCUT2D eigenvalue weighted by Gasteiger charge is 2.19. The molecule has 0 aromatic carbocycles. The van der Waals surface area contributed by atoms with Gasteiger partial charge in [0.1, 0.15) is 4.83 Å². The maximum Gasteiger partial charge on any atom is 0.359 e. The van der Waals surface area contributed by atoms with Gasteiger partial charge in [-0.05, 0) is 33.3 Å². The molecule has 0 saturated carbocycles. The van der Waals surface area contributed by atoms with Crippen LogP contribution >= 0.6 is 11.3 Å². The fourth-order valence-corrected chi connectivity index (χ4v) is 3.28. The largest absolute Gasteiger partial charge is 0.450 e. The number of fused-ring (bicyclic) bond motifs is 1. The molecule has 3 rings (SSSR count). The van der Waals surface area contributed by atoms with Gasteiger partial charge in [0, 0.05) is 11.1 Å². The van der Waals surface area contributed by atoms with Crippen LogP contribution in [0, 0.1) is 20.8 Å². The Bertz CT molecular complexity index is 975. The molecule has 0 radical (unpaired) electrons. The molecule has 0 aliphatic carbocycles. The molecule has 0 saturated heterocycles. The molecule has 0 unspecified atom stereocenters. The van der Waals surface area contributed by atoms with E-state index >= 15 is 0 Å². The van der Waals surface area contributed by atoms with Crippen LogP contribution in [0.1, 0.15) is 45.5 Å². The molecular weight excluding hydrogens is 328 g/mol. The van der Waals surface area contributed by atoms with Crippen LogP contribution in [0.2, 0.25) is 0 Å². The Balaban J connectivity index is 1.88. The monoisotopic (exact) mass is 344 g/mol. The molecule has 3 aromatic heterocycles. The van der Waals surface area contributed by atoms with Crippen molar-refractivity contribution in [2.45, 2.75) is 33.8 Å². The number of rotatable bonds is 3. The lowest BCUT2D eigenvalue weighted by molar-refractivity contribution is 0.0312. The third kappa shape index (κ3) is 2.92. The number of hydrogen-bond donors (Lipinski definition) is 1. The molecule has 3 aromatic rings. The molecule has 0 amide bonds. The van der Waals surface area contributed by atoms with Crippen LogP contribution in [0.5, 0.6) is 0 Å². The minimum atomic E-state index is -0.708. The van der Waals surface area contributed by atoms with E-state index in [4.69, 9.17) is 4.74 Å². The molecule has 24 heavy (non-hydrogen) atoms. The first-order chi connectivity index (χ1) is 11.4. The van der Waals surface area contributed by atoms with Gasteiger partial charge in [0.15, 0.2) is 17.6 Å². The summed E-state index contributed by atoms with van der Waals surface area (Å²) in [7, 11) is 0. The lowest BCUT2D eigenvalue weighted by Crippen LogP contribution is -2.18. The number of aromatic amines is 1. The van der Waals surface area contributed by atoms with Gasteiger partial charge in [0.2, 0.25) is 0 Å². The van der Waals surface area contributed by atoms with Crippen molar-refractivity contribution >= 4 is 27.5 Å². The number of H-pyrrole nitrogens is 1. The minimum absolute atomic E-state index is 0.110. The lowest BCUT2D eigenvalue weighted by Gasteiger charge is -2.12. The number of hydrogen-bond acceptors (Lipinski definition) is 7. The van der Waals surface area contributed by atoms with Crippen LogP contribution in [-0.4, -0.2) is 25.9 Å². The van der Waals surface area contributed by atoms with Crippen LogP contribution in [0.4, 0.5) is 0 Å². The summed E-state index contributed by atoms with van der Waals surface area (Å²) >= 11 is 1.45. The van der Waals surface area contributed by atoms with Crippen LogP contribution in [0.15, 0.2) is 17.2 Å². The average molecular weight is 344 g/mol. The van der Waals surface area contributed by atoms with Gasteiger partial charge in [-0.15, -0.1) is 11.3 Å². The molecule has 1 atom stereocenters. The number of aryl methyl sites for hydroxylation is 3. The van der Waals surface area contributed by atoms with Crippen molar-refractivity contribution in [3.63, 3.8) is 0 Å². The van der Waals surface area contributed by atoms with Gasteiger partial charge in [-0.3, -0.25) is 9.78 Å². The van der Waals surface area contributed by atoms with Gasteiger partial charge in [-0.25, -0.2) is 14.8 Å². The zero-order valence-corrected chi connectivity index (χ0v) is 14.5. The molecule has 0 aliphatic rings. The quantitative estimate of drug-likeness (QED) is 0.734. The number of nitrogens with one attached hydrogen (secondary N) is 1. The highest BCUT2D eigenvalue weighted by atomic mass is 32.1. The van der Waals surface area contributed by atoms with Crippen molar-refractivity contribution in [3.05, 3.63) is 50.4 Å². The zero-order valence-electron chi connectivity index (χ0n) is 13.7. The summed E-state index contributed by atoms with van der Waals surface area (Å²) < 4.78 is 5.33. The fraction of sp³-hybridized carbons (Fsp3) is 0.312. The summed E-state index contributed by atoms with van der Waals surface area (Å²) in [4.78, 5) is 41.2. The summed E-state index contributed by atoms with van der Waals surface area (Å²) in [5, 5.41) is 0.587. The topological polar surface area (TPSA) is 97.8 Å². The Morgan fingerprint density at radius 3 is 2.67 bits per heavy atom. The molecule has 3 heterocycles. The van der Waals surface area contributed by atoms with Crippen LogP contribution in [-0.2, 0) is 4.74 Å². The van der Waals surface area contributed by atoms with Crippen molar-refractivity contribution in [3.8, 4) is 0 Å². The van der Waals surface area contributed by atoms with Gasteiger partial charge in [0.25, 0.3) is 5.56 Å². The molecule has 8 heteroatoms. The Kier molecular flexibility index (Phi) is 4.15. The minimum Gasteiger partial charge on any atom is -0.450 e.